The van der Waals surface area contributed by atoms with Gasteiger partial charge in [-0.3, -0.25) is 14.5 Å². The highest BCUT2D eigenvalue weighted by molar-refractivity contribution is 5.99. The number of hydrogen-bond donors (Lipinski definition) is 0. The molecule has 1 fully saturated rings. The molecule has 1 saturated heterocycles. The minimum absolute atomic E-state index is 0.125. The topological polar surface area (TPSA) is 81.5 Å². The Bertz CT molecular complexity index is 1380. The van der Waals surface area contributed by atoms with Crippen LogP contribution in [0.5, 0.6) is 11.5 Å². The van der Waals surface area contributed by atoms with Gasteiger partial charge in [-0.05, 0) is 68.7 Å². The fraction of sp³-hybridized carbons (Fsp3) is 0.448. The van der Waals surface area contributed by atoms with E-state index in [1.54, 1.807) is 4.90 Å². The van der Waals surface area contributed by atoms with Crippen molar-refractivity contribution in [3.63, 3.8) is 0 Å². The lowest BCUT2D eigenvalue weighted by atomic mass is 9.97. The van der Waals surface area contributed by atoms with Crippen molar-refractivity contribution < 1.29 is 23.4 Å². The first kappa shape index (κ1) is 25.3. The molecule has 1 aromatic heterocycles. The maximum atomic E-state index is 13.9. The van der Waals surface area contributed by atoms with E-state index in [4.69, 9.17) is 18.6 Å². The van der Waals surface area contributed by atoms with E-state index in [-0.39, 0.29) is 17.1 Å². The minimum Gasteiger partial charge on any atom is -0.490 e. The lowest BCUT2D eigenvalue weighted by Crippen LogP contribution is -2.42. The highest BCUT2D eigenvalue weighted by Crippen LogP contribution is 2.41. The van der Waals surface area contributed by atoms with Gasteiger partial charge in [-0.25, -0.2) is 0 Å². The molecule has 3 aromatic rings. The normalized spacial score (nSPS) is 17.9. The Labute approximate surface area is 216 Å². The maximum Gasteiger partial charge on any atom is 0.290 e. The standard InChI is InChI=1S/C29H34N2O6/c1-5-35-22-8-7-20(17-24(22)36-6-2)26-25-27(32)21-15-18(3)19(4)16-23(21)37-28(25)29(33)31(26)10-9-30-11-13-34-14-12-30/h7-8,15-17,26H,5-6,9-14H2,1-4H3. The van der Waals surface area contributed by atoms with Gasteiger partial charge in [0.1, 0.15) is 5.58 Å². The second-order valence-electron chi connectivity index (χ2n) is 9.53. The molecule has 2 aliphatic heterocycles. The Morgan fingerprint density at radius 1 is 0.919 bits per heavy atom. The molecule has 0 bridgehead atoms. The fourth-order valence-electron chi connectivity index (χ4n) is 5.16. The van der Waals surface area contributed by atoms with Gasteiger partial charge in [-0.15, -0.1) is 0 Å². The summed E-state index contributed by atoms with van der Waals surface area (Å²) in [5, 5.41) is 0.491. The largest absolute Gasteiger partial charge is 0.490 e. The Morgan fingerprint density at radius 3 is 2.35 bits per heavy atom. The van der Waals surface area contributed by atoms with E-state index >= 15 is 0 Å². The lowest BCUT2D eigenvalue weighted by molar-refractivity contribution is 0.0314. The molecule has 0 spiro atoms. The van der Waals surface area contributed by atoms with Crippen LogP contribution in [-0.2, 0) is 4.74 Å². The highest BCUT2D eigenvalue weighted by Gasteiger charge is 2.43. The summed E-state index contributed by atoms with van der Waals surface area (Å²) in [5.41, 5.74) is 3.46. The quantitative estimate of drug-likeness (QED) is 0.455. The Kier molecular flexibility index (Phi) is 7.22. The summed E-state index contributed by atoms with van der Waals surface area (Å²) >= 11 is 0. The van der Waals surface area contributed by atoms with Crippen molar-refractivity contribution in [2.75, 3.05) is 52.6 Å². The predicted octanol–water partition coefficient (Wildman–Crippen LogP) is 4.08. The Hall–Kier alpha value is -3.36. The third-order valence-electron chi connectivity index (χ3n) is 7.23. The molecular weight excluding hydrogens is 472 g/mol. The van der Waals surface area contributed by atoms with Gasteiger partial charge in [0.15, 0.2) is 16.9 Å². The molecule has 0 aliphatic carbocycles. The van der Waals surface area contributed by atoms with Crippen LogP contribution in [0, 0.1) is 13.8 Å². The van der Waals surface area contributed by atoms with Gasteiger partial charge in [0.25, 0.3) is 5.91 Å². The van der Waals surface area contributed by atoms with Crippen LogP contribution in [-0.4, -0.2) is 68.3 Å². The Morgan fingerprint density at radius 2 is 1.62 bits per heavy atom. The summed E-state index contributed by atoms with van der Waals surface area (Å²) in [7, 11) is 0. The first-order chi connectivity index (χ1) is 17.9. The molecule has 3 heterocycles. The van der Waals surface area contributed by atoms with Gasteiger partial charge in [0, 0.05) is 26.2 Å². The van der Waals surface area contributed by atoms with Crippen molar-refractivity contribution in [1.29, 1.82) is 0 Å². The average molecular weight is 507 g/mol. The van der Waals surface area contributed by atoms with Crippen LogP contribution < -0.4 is 14.9 Å². The van der Waals surface area contributed by atoms with Crippen LogP contribution in [0.15, 0.2) is 39.5 Å². The van der Waals surface area contributed by atoms with Crippen LogP contribution in [0.4, 0.5) is 0 Å². The number of carbonyl (C=O) groups excluding carboxylic acids is 1. The molecule has 0 N–H and O–H groups in total. The SMILES string of the molecule is CCOc1ccc(C2c3c(oc4cc(C)c(C)cc4c3=O)C(=O)N2CCN2CCOCC2)cc1OCC. The van der Waals surface area contributed by atoms with E-state index in [9.17, 15) is 9.59 Å². The zero-order valence-corrected chi connectivity index (χ0v) is 22.0. The molecule has 196 valence electrons. The summed E-state index contributed by atoms with van der Waals surface area (Å²) in [6, 6.07) is 8.76. The van der Waals surface area contributed by atoms with Gasteiger partial charge in [0.05, 0.1) is 43.4 Å². The van der Waals surface area contributed by atoms with Crippen LogP contribution in [0.25, 0.3) is 11.0 Å². The molecule has 2 aliphatic rings. The number of amides is 1. The number of carbonyl (C=O) groups is 1. The molecular formula is C29H34N2O6. The van der Waals surface area contributed by atoms with E-state index < -0.39 is 6.04 Å². The first-order valence-corrected chi connectivity index (χ1v) is 13.0. The van der Waals surface area contributed by atoms with E-state index in [0.29, 0.717) is 67.5 Å². The maximum absolute atomic E-state index is 13.9. The second kappa shape index (κ2) is 10.6. The van der Waals surface area contributed by atoms with Crippen molar-refractivity contribution in [2.24, 2.45) is 0 Å². The second-order valence-corrected chi connectivity index (χ2v) is 9.53. The molecule has 1 amide bonds. The number of rotatable bonds is 8. The van der Waals surface area contributed by atoms with Crippen LogP contribution in [0.3, 0.4) is 0 Å². The number of fused-ring (bicyclic) bond motifs is 2. The number of nitrogens with zero attached hydrogens (tertiary/aromatic N) is 2. The van der Waals surface area contributed by atoms with Gasteiger partial charge >= 0.3 is 0 Å². The lowest BCUT2D eigenvalue weighted by Gasteiger charge is -2.31. The van der Waals surface area contributed by atoms with E-state index in [0.717, 1.165) is 29.8 Å². The van der Waals surface area contributed by atoms with Crippen molar-refractivity contribution in [1.82, 2.24) is 9.80 Å². The number of hydrogen-bond acceptors (Lipinski definition) is 7. The van der Waals surface area contributed by atoms with E-state index in [1.807, 2.05) is 58.0 Å². The zero-order chi connectivity index (χ0) is 26.1. The molecule has 8 nitrogen and oxygen atoms in total. The minimum atomic E-state index is -0.583. The van der Waals surface area contributed by atoms with Crippen molar-refractivity contribution in [3.05, 3.63) is 68.6 Å². The average Bonchev–Trinajstić information content (AvgIpc) is 3.17. The molecule has 2 aromatic carbocycles. The summed E-state index contributed by atoms with van der Waals surface area (Å²) < 4.78 is 23.3. The molecule has 8 heteroatoms. The van der Waals surface area contributed by atoms with Crippen LogP contribution >= 0.6 is 0 Å². The Balaban J connectivity index is 1.63. The number of aryl methyl sites for hydroxylation is 2. The van der Waals surface area contributed by atoms with Crippen molar-refractivity contribution in [3.8, 4) is 11.5 Å². The van der Waals surface area contributed by atoms with Gasteiger partial charge < -0.3 is 23.5 Å². The number of ether oxygens (including phenoxy) is 3. The van der Waals surface area contributed by atoms with Crippen molar-refractivity contribution in [2.45, 2.75) is 33.7 Å². The fourth-order valence-corrected chi connectivity index (χ4v) is 5.16. The van der Waals surface area contributed by atoms with E-state index in [2.05, 4.69) is 4.90 Å². The van der Waals surface area contributed by atoms with Crippen molar-refractivity contribution >= 4 is 16.9 Å². The highest BCUT2D eigenvalue weighted by atomic mass is 16.5. The van der Waals surface area contributed by atoms with Crippen LogP contribution in [0.1, 0.15) is 52.7 Å². The third kappa shape index (κ3) is 4.71. The summed E-state index contributed by atoms with van der Waals surface area (Å²) in [5.74, 6) is 1.08. The summed E-state index contributed by atoms with van der Waals surface area (Å²) in [4.78, 5) is 31.7. The van der Waals surface area contributed by atoms with Gasteiger partial charge in [0.2, 0.25) is 5.76 Å². The van der Waals surface area contributed by atoms with Crippen LogP contribution in [0.2, 0.25) is 0 Å². The van der Waals surface area contributed by atoms with Gasteiger partial charge in [-0.1, -0.05) is 6.07 Å². The first-order valence-electron chi connectivity index (χ1n) is 13.0. The molecule has 1 atom stereocenters. The number of benzene rings is 2. The third-order valence-corrected chi connectivity index (χ3v) is 7.23. The molecule has 1 unspecified atom stereocenters. The smallest absolute Gasteiger partial charge is 0.290 e. The monoisotopic (exact) mass is 506 g/mol. The number of morpholine rings is 1. The molecule has 37 heavy (non-hydrogen) atoms. The van der Waals surface area contributed by atoms with Gasteiger partial charge in [-0.2, -0.15) is 0 Å². The zero-order valence-electron chi connectivity index (χ0n) is 22.0. The molecule has 0 radical (unpaired) electrons. The predicted molar refractivity (Wildman–Crippen MR) is 141 cm³/mol. The molecule has 5 rings (SSSR count). The molecule has 0 saturated carbocycles. The summed E-state index contributed by atoms with van der Waals surface area (Å²) in [6.45, 7) is 12.9. The summed E-state index contributed by atoms with van der Waals surface area (Å²) in [6.07, 6.45) is 0. The van der Waals surface area contributed by atoms with E-state index in [1.165, 1.54) is 0 Å².